The molecule has 0 spiro atoms. The molecule has 1 saturated heterocycles. The van der Waals surface area contributed by atoms with Crippen LogP contribution in [0.2, 0.25) is 0 Å². The van der Waals surface area contributed by atoms with E-state index in [1.165, 1.54) is 12.1 Å². The van der Waals surface area contributed by atoms with Crippen LogP contribution in [0.1, 0.15) is 46.9 Å². The Balaban J connectivity index is 1.58. The summed E-state index contributed by atoms with van der Waals surface area (Å²) in [6.45, 7) is 1.09. The maximum atomic E-state index is 14.6. The van der Waals surface area contributed by atoms with Crippen LogP contribution in [0, 0.1) is 17.1 Å². The van der Waals surface area contributed by atoms with Gasteiger partial charge in [-0.25, -0.2) is 9.37 Å². The number of hydrogen-bond donors (Lipinski definition) is 1. The first kappa shape index (κ1) is 21.5. The quantitative estimate of drug-likeness (QED) is 0.493. The fourth-order valence-corrected chi connectivity index (χ4v) is 4.93. The number of carbonyl (C=O) groups excluding carboxylic acids is 1. The van der Waals surface area contributed by atoms with Crippen molar-refractivity contribution in [1.29, 1.82) is 5.26 Å². The van der Waals surface area contributed by atoms with Gasteiger partial charge < -0.3 is 10.6 Å². The highest BCUT2D eigenvalue weighted by molar-refractivity contribution is 5.95. The van der Waals surface area contributed by atoms with E-state index in [0.29, 0.717) is 30.2 Å². The number of nitrogens with two attached hydrogens (primary N) is 1. The van der Waals surface area contributed by atoms with Crippen molar-refractivity contribution >= 4 is 16.8 Å². The highest BCUT2D eigenvalue weighted by atomic mass is 19.1. The molecule has 9 heteroatoms. The van der Waals surface area contributed by atoms with Gasteiger partial charge in [0.25, 0.3) is 5.91 Å². The molecule has 1 atom stereocenters. The monoisotopic (exact) mass is 469 g/mol. The van der Waals surface area contributed by atoms with E-state index in [1.54, 1.807) is 21.8 Å². The van der Waals surface area contributed by atoms with Gasteiger partial charge in [0.05, 0.1) is 23.0 Å². The summed E-state index contributed by atoms with van der Waals surface area (Å²) in [6.07, 6.45) is 4.48. The number of imidazole rings is 1. The molecule has 0 unspecified atom stereocenters. The van der Waals surface area contributed by atoms with Crippen LogP contribution in [0.3, 0.4) is 0 Å². The normalized spacial score (nSPS) is 17.8. The van der Waals surface area contributed by atoms with Gasteiger partial charge >= 0.3 is 0 Å². The third kappa shape index (κ3) is 3.58. The van der Waals surface area contributed by atoms with E-state index in [9.17, 15) is 14.4 Å². The summed E-state index contributed by atoms with van der Waals surface area (Å²) in [6, 6.07) is 12.2. The van der Waals surface area contributed by atoms with Crippen LogP contribution in [0.15, 0.2) is 42.6 Å². The zero-order chi connectivity index (χ0) is 24.3. The van der Waals surface area contributed by atoms with Gasteiger partial charge in [0, 0.05) is 48.7 Å². The number of nitriles is 1. The smallest absolute Gasteiger partial charge is 0.274 e. The van der Waals surface area contributed by atoms with Crippen LogP contribution in [-0.2, 0) is 7.05 Å². The zero-order valence-electron chi connectivity index (χ0n) is 19.3. The summed E-state index contributed by atoms with van der Waals surface area (Å²) in [4.78, 5) is 20.2. The van der Waals surface area contributed by atoms with Crippen molar-refractivity contribution in [3.8, 4) is 23.1 Å². The first-order chi connectivity index (χ1) is 16.9. The van der Waals surface area contributed by atoms with Crippen molar-refractivity contribution in [2.45, 2.75) is 31.2 Å². The molecule has 2 N–H and O–H groups in total. The van der Waals surface area contributed by atoms with Crippen LogP contribution in [0.4, 0.5) is 4.39 Å². The second-order valence-corrected chi connectivity index (χ2v) is 9.40. The minimum atomic E-state index is -0.617. The first-order valence-electron chi connectivity index (χ1n) is 11.7. The van der Waals surface area contributed by atoms with Crippen LogP contribution < -0.4 is 5.73 Å². The predicted molar refractivity (Wildman–Crippen MR) is 128 cm³/mol. The molecule has 176 valence electrons. The molecule has 6 rings (SSSR count). The third-order valence-electron chi connectivity index (χ3n) is 6.93. The van der Waals surface area contributed by atoms with Crippen LogP contribution in [-0.4, -0.2) is 49.3 Å². The largest absolute Gasteiger partial charge is 0.336 e. The van der Waals surface area contributed by atoms with Gasteiger partial charge in [0.2, 0.25) is 0 Å². The SMILES string of the molecule is Cn1ncc2cc(-n3c(-c4ccc(C#N)c(F)c4)nc(C(=O)N4CC[C@H](N)C4)c3C3CC3)ccc21. The summed E-state index contributed by atoms with van der Waals surface area (Å²) in [5.41, 5.74) is 9.60. The second kappa shape index (κ2) is 8.03. The van der Waals surface area contributed by atoms with E-state index < -0.39 is 5.82 Å². The fourth-order valence-electron chi connectivity index (χ4n) is 4.93. The summed E-state index contributed by atoms with van der Waals surface area (Å²) in [5, 5.41) is 14.5. The molecular formula is C26H24FN7O. The van der Waals surface area contributed by atoms with E-state index in [0.717, 1.165) is 41.5 Å². The van der Waals surface area contributed by atoms with Crippen LogP contribution in [0.25, 0.3) is 28.0 Å². The molecule has 2 aliphatic rings. The van der Waals surface area contributed by atoms with E-state index >= 15 is 0 Å². The Kier molecular flexibility index (Phi) is 4.93. The molecule has 2 fully saturated rings. The molecule has 4 aromatic rings. The van der Waals surface area contributed by atoms with Crippen molar-refractivity contribution in [3.05, 3.63) is 65.4 Å². The number of nitrogens with zero attached hydrogens (tertiary/aromatic N) is 6. The Hall–Kier alpha value is -4.03. The first-order valence-corrected chi connectivity index (χ1v) is 11.7. The lowest BCUT2D eigenvalue weighted by atomic mass is 10.1. The average molecular weight is 470 g/mol. The summed E-state index contributed by atoms with van der Waals surface area (Å²) in [5.74, 6) is -0.0882. The van der Waals surface area contributed by atoms with Gasteiger partial charge in [0.15, 0.2) is 5.69 Å². The number of fused-ring (bicyclic) bond motifs is 1. The number of rotatable bonds is 4. The molecule has 0 bridgehead atoms. The lowest BCUT2D eigenvalue weighted by Crippen LogP contribution is -2.32. The molecule has 3 heterocycles. The molecule has 8 nitrogen and oxygen atoms in total. The Morgan fingerprint density at radius 1 is 1.20 bits per heavy atom. The van der Waals surface area contributed by atoms with Gasteiger partial charge in [-0.2, -0.15) is 10.4 Å². The average Bonchev–Trinajstić information content (AvgIpc) is 3.30. The molecule has 1 amide bonds. The van der Waals surface area contributed by atoms with Crippen molar-refractivity contribution < 1.29 is 9.18 Å². The van der Waals surface area contributed by atoms with E-state index in [1.807, 2.05) is 35.9 Å². The predicted octanol–water partition coefficient (Wildman–Crippen LogP) is 3.49. The standard InChI is InChI=1S/C26H24FN7O/c1-32-22-7-6-20(10-18(22)13-30-32)34-24(15-2-3-15)23(26(35)33-9-8-19(29)14-33)31-25(34)16-4-5-17(12-28)21(27)11-16/h4-7,10-11,13,15,19H,2-3,8-9,14,29H2,1H3/t19-/m0/s1. The number of aromatic nitrogens is 4. The fraction of sp³-hybridized carbons (Fsp3) is 0.308. The number of amides is 1. The van der Waals surface area contributed by atoms with Gasteiger partial charge in [-0.1, -0.05) is 0 Å². The van der Waals surface area contributed by atoms with Gasteiger partial charge in [-0.15, -0.1) is 0 Å². The van der Waals surface area contributed by atoms with E-state index in [4.69, 9.17) is 10.7 Å². The van der Waals surface area contributed by atoms with Gasteiger partial charge in [-0.05, 0) is 55.7 Å². The van der Waals surface area contributed by atoms with Gasteiger partial charge in [0.1, 0.15) is 17.7 Å². The summed E-state index contributed by atoms with van der Waals surface area (Å²) >= 11 is 0. The number of halogens is 1. The number of hydrogen-bond acceptors (Lipinski definition) is 5. The van der Waals surface area contributed by atoms with Crippen molar-refractivity contribution in [1.82, 2.24) is 24.2 Å². The number of carbonyl (C=O) groups is 1. The highest BCUT2D eigenvalue weighted by Crippen LogP contribution is 2.45. The molecule has 2 aromatic carbocycles. The lowest BCUT2D eigenvalue weighted by molar-refractivity contribution is 0.0784. The topological polar surface area (TPSA) is 106 Å². The lowest BCUT2D eigenvalue weighted by Gasteiger charge is -2.16. The molecule has 35 heavy (non-hydrogen) atoms. The van der Waals surface area contributed by atoms with E-state index in [2.05, 4.69) is 5.10 Å². The molecule has 1 aliphatic heterocycles. The minimum absolute atomic E-state index is 0.0339. The number of benzene rings is 2. The molecular weight excluding hydrogens is 445 g/mol. The highest BCUT2D eigenvalue weighted by Gasteiger charge is 2.38. The number of likely N-dealkylation sites (tertiary alicyclic amines) is 1. The number of aryl methyl sites for hydroxylation is 1. The Bertz CT molecular complexity index is 1520. The van der Waals surface area contributed by atoms with Crippen molar-refractivity contribution in [2.24, 2.45) is 12.8 Å². The van der Waals surface area contributed by atoms with Crippen LogP contribution in [0.5, 0.6) is 0 Å². The zero-order valence-corrected chi connectivity index (χ0v) is 19.3. The summed E-state index contributed by atoms with van der Waals surface area (Å²) in [7, 11) is 1.89. The van der Waals surface area contributed by atoms with E-state index in [-0.39, 0.29) is 23.4 Å². The Morgan fingerprint density at radius 2 is 2.03 bits per heavy atom. The second-order valence-electron chi connectivity index (χ2n) is 9.40. The maximum absolute atomic E-state index is 14.6. The van der Waals surface area contributed by atoms with Gasteiger partial charge in [-0.3, -0.25) is 14.0 Å². The van der Waals surface area contributed by atoms with Crippen molar-refractivity contribution in [2.75, 3.05) is 13.1 Å². The molecule has 2 aromatic heterocycles. The Morgan fingerprint density at radius 3 is 2.71 bits per heavy atom. The molecule has 1 aliphatic carbocycles. The minimum Gasteiger partial charge on any atom is -0.336 e. The third-order valence-corrected chi connectivity index (χ3v) is 6.93. The van der Waals surface area contributed by atoms with Crippen LogP contribution >= 0.6 is 0 Å². The maximum Gasteiger partial charge on any atom is 0.274 e. The summed E-state index contributed by atoms with van der Waals surface area (Å²) < 4.78 is 18.4. The molecule has 0 radical (unpaired) electrons. The molecule has 1 saturated carbocycles. The Labute approximate surface area is 201 Å². The van der Waals surface area contributed by atoms with Crippen molar-refractivity contribution in [3.63, 3.8) is 0 Å².